The molecule has 1 N–H and O–H groups in total. The number of sulfonamides is 1. The lowest BCUT2D eigenvalue weighted by Gasteiger charge is -2.30. The molecule has 168 valence electrons. The van der Waals surface area contributed by atoms with Crippen molar-refractivity contribution in [3.63, 3.8) is 0 Å². The second-order valence-electron chi connectivity index (χ2n) is 8.01. The standard InChI is InChI=1S/C23H28ClFN2O3S/c1-17-7-9-18(10-8-17)4-3-13-26-23(28)19-11-14-27(15-12-19)31(29,30)16-20-21(24)5-2-6-22(20)25/h2,5-10,19H,3-4,11-16H2,1H3,(H,26,28). The molecule has 1 aliphatic heterocycles. The molecule has 5 nitrogen and oxygen atoms in total. The number of halogens is 2. The Morgan fingerprint density at radius 1 is 1.16 bits per heavy atom. The van der Waals surface area contributed by atoms with Crippen LogP contribution in [0.25, 0.3) is 0 Å². The van der Waals surface area contributed by atoms with Crippen molar-refractivity contribution in [3.05, 3.63) is 70.0 Å². The van der Waals surface area contributed by atoms with Crippen LogP contribution in [0.1, 0.15) is 36.0 Å². The van der Waals surface area contributed by atoms with Gasteiger partial charge < -0.3 is 5.32 Å². The number of hydrogen-bond donors (Lipinski definition) is 1. The van der Waals surface area contributed by atoms with E-state index < -0.39 is 21.6 Å². The van der Waals surface area contributed by atoms with Crippen LogP contribution in [0.2, 0.25) is 5.02 Å². The number of rotatable bonds is 8. The van der Waals surface area contributed by atoms with E-state index in [1.807, 2.05) is 0 Å². The highest BCUT2D eigenvalue weighted by atomic mass is 35.5. The summed E-state index contributed by atoms with van der Waals surface area (Å²) in [6.07, 6.45) is 2.66. The number of benzene rings is 2. The first kappa shape index (κ1) is 23.7. The van der Waals surface area contributed by atoms with Gasteiger partial charge in [-0.2, -0.15) is 0 Å². The number of nitrogens with one attached hydrogen (secondary N) is 1. The zero-order valence-electron chi connectivity index (χ0n) is 17.6. The van der Waals surface area contributed by atoms with Crippen LogP contribution in [-0.4, -0.2) is 38.3 Å². The fourth-order valence-electron chi connectivity index (χ4n) is 3.74. The van der Waals surface area contributed by atoms with Gasteiger partial charge in [-0.25, -0.2) is 17.1 Å². The minimum atomic E-state index is -3.71. The van der Waals surface area contributed by atoms with E-state index in [4.69, 9.17) is 11.6 Å². The Morgan fingerprint density at radius 2 is 1.84 bits per heavy atom. The van der Waals surface area contributed by atoms with E-state index in [1.54, 1.807) is 0 Å². The highest BCUT2D eigenvalue weighted by Crippen LogP contribution is 2.26. The zero-order chi connectivity index (χ0) is 22.4. The van der Waals surface area contributed by atoms with Crippen LogP contribution in [0.4, 0.5) is 4.39 Å². The SMILES string of the molecule is Cc1ccc(CCCNC(=O)C2CCN(S(=O)(=O)Cc3c(F)cccc3Cl)CC2)cc1. The normalized spacial score (nSPS) is 15.7. The predicted molar refractivity (Wildman–Crippen MR) is 121 cm³/mol. The second-order valence-corrected chi connectivity index (χ2v) is 10.4. The molecule has 0 spiro atoms. The van der Waals surface area contributed by atoms with Crippen molar-refractivity contribution in [1.82, 2.24) is 9.62 Å². The Hall–Kier alpha value is -1.96. The summed E-state index contributed by atoms with van der Waals surface area (Å²) in [4.78, 5) is 12.4. The molecule has 1 fully saturated rings. The van der Waals surface area contributed by atoms with Crippen molar-refractivity contribution in [2.24, 2.45) is 5.92 Å². The van der Waals surface area contributed by atoms with E-state index in [1.165, 1.54) is 33.6 Å². The lowest BCUT2D eigenvalue weighted by molar-refractivity contribution is -0.126. The second kappa shape index (κ2) is 10.6. The van der Waals surface area contributed by atoms with Crippen LogP contribution in [0, 0.1) is 18.7 Å². The summed E-state index contributed by atoms with van der Waals surface area (Å²) in [6.45, 7) is 3.14. The number of carbonyl (C=O) groups excluding carboxylic acids is 1. The third kappa shape index (κ3) is 6.51. The first-order valence-corrected chi connectivity index (χ1v) is 12.5. The third-order valence-electron chi connectivity index (χ3n) is 5.67. The maximum absolute atomic E-state index is 14.0. The molecule has 8 heteroatoms. The van der Waals surface area contributed by atoms with E-state index in [0.29, 0.717) is 19.4 Å². The van der Waals surface area contributed by atoms with Gasteiger partial charge in [0.05, 0.1) is 5.75 Å². The molecule has 0 aliphatic carbocycles. The van der Waals surface area contributed by atoms with Gasteiger partial charge in [-0.05, 0) is 50.3 Å². The van der Waals surface area contributed by atoms with E-state index in [-0.39, 0.29) is 35.5 Å². The lowest BCUT2D eigenvalue weighted by atomic mass is 9.97. The lowest BCUT2D eigenvalue weighted by Crippen LogP contribution is -2.43. The van der Waals surface area contributed by atoms with Gasteiger partial charge in [-0.15, -0.1) is 0 Å². The van der Waals surface area contributed by atoms with Crippen LogP contribution in [-0.2, 0) is 27.0 Å². The van der Waals surface area contributed by atoms with Crippen molar-refractivity contribution in [2.45, 2.75) is 38.4 Å². The van der Waals surface area contributed by atoms with Gasteiger partial charge in [0, 0.05) is 36.1 Å². The van der Waals surface area contributed by atoms with Crippen molar-refractivity contribution in [3.8, 4) is 0 Å². The van der Waals surface area contributed by atoms with Crippen molar-refractivity contribution >= 4 is 27.5 Å². The molecule has 0 saturated carbocycles. The summed E-state index contributed by atoms with van der Waals surface area (Å²) in [5.41, 5.74) is 2.45. The Morgan fingerprint density at radius 3 is 2.48 bits per heavy atom. The molecule has 0 bridgehead atoms. The fourth-order valence-corrected chi connectivity index (χ4v) is 5.66. The molecule has 1 heterocycles. The zero-order valence-corrected chi connectivity index (χ0v) is 19.2. The molecular weight excluding hydrogens is 439 g/mol. The molecule has 1 aliphatic rings. The third-order valence-corrected chi connectivity index (χ3v) is 7.83. The quantitative estimate of drug-likeness (QED) is 0.596. The smallest absolute Gasteiger partial charge is 0.223 e. The number of aryl methyl sites for hydroxylation is 2. The Labute approximate surface area is 188 Å². The van der Waals surface area contributed by atoms with Gasteiger partial charge >= 0.3 is 0 Å². The van der Waals surface area contributed by atoms with E-state index in [0.717, 1.165) is 12.8 Å². The summed E-state index contributed by atoms with van der Waals surface area (Å²) in [5, 5.41) is 3.07. The van der Waals surface area contributed by atoms with E-state index in [2.05, 4.69) is 36.5 Å². The summed E-state index contributed by atoms with van der Waals surface area (Å²) in [7, 11) is -3.71. The van der Waals surface area contributed by atoms with Crippen LogP contribution < -0.4 is 5.32 Å². The first-order valence-electron chi connectivity index (χ1n) is 10.5. The van der Waals surface area contributed by atoms with Gasteiger partial charge in [0.15, 0.2) is 0 Å². The highest BCUT2D eigenvalue weighted by molar-refractivity contribution is 7.88. The molecule has 0 unspecified atom stereocenters. The Kier molecular flexibility index (Phi) is 8.08. The van der Waals surface area contributed by atoms with Gasteiger partial charge in [-0.1, -0.05) is 47.5 Å². The van der Waals surface area contributed by atoms with Crippen molar-refractivity contribution in [2.75, 3.05) is 19.6 Å². The fraction of sp³-hybridized carbons (Fsp3) is 0.435. The molecule has 3 rings (SSSR count). The summed E-state index contributed by atoms with van der Waals surface area (Å²) >= 11 is 5.97. The Balaban J connectivity index is 1.44. The number of amides is 1. The van der Waals surface area contributed by atoms with E-state index >= 15 is 0 Å². The molecule has 1 amide bonds. The minimum Gasteiger partial charge on any atom is -0.356 e. The van der Waals surface area contributed by atoms with Crippen LogP contribution >= 0.6 is 11.6 Å². The number of piperidine rings is 1. The predicted octanol–water partition coefficient (Wildman–Crippen LogP) is 4.08. The molecule has 31 heavy (non-hydrogen) atoms. The highest BCUT2D eigenvalue weighted by Gasteiger charge is 2.32. The molecule has 0 atom stereocenters. The van der Waals surface area contributed by atoms with E-state index in [9.17, 15) is 17.6 Å². The molecule has 0 radical (unpaired) electrons. The van der Waals surface area contributed by atoms with Crippen molar-refractivity contribution < 1.29 is 17.6 Å². The molecule has 2 aromatic rings. The topological polar surface area (TPSA) is 66.5 Å². The minimum absolute atomic E-state index is 0.0161. The largest absolute Gasteiger partial charge is 0.356 e. The number of nitrogens with zero attached hydrogens (tertiary/aromatic N) is 1. The van der Waals surface area contributed by atoms with Gasteiger partial charge in [0.25, 0.3) is 0 Å². The monoisotopic (exact) mass is 466 g/mol. The number of carbonyl (C=O) groups is 1. The van der Waals surface area contributed by atoms with Gasteiger partial charge in [-0.3, -0.25) is 4.79 Å². The maximum atomic E-state index is 14.0. The van der Waals surface area contributed by atoms with Crippen LogP contribution in [0.3, 0.4) is 0 Å². The van der Waals surface area contributed by atoms with Gasteiger partial charge in [0.2, 0.25) is 15.9 Å². The molecule has 1 saturated heterocycles. The summed E-state index contributed by atoms with van der Waals surface area (Å²) < 4.78 is 40.7. The number of hydrogen-bond acceptors (Lipinski definition) is 3. The van der Waals surface area contributed by atoms with Crippen molar-refractivity contribution in [1.29, 1.82) is 0 Å². The average molecular weight is 467 g/mol. The van der Waals surface area contributed by atoms with Gasteiger partial charge in [0.1, 0.15) is 5.82 Å². The summed E-state index contributed by atoms with van der Waals surface area (Å²) in [5.74, 6) is -1.34. The molecule has 0 aromatic heterocycles. The average Bonchev–Trinajstić information content (AvgIpc) is 2.75. The molecule has 2 aromatic carbocycles. The van der Waals surface area contributed by atoms with Crippen LogP contribution in [0.15, 0.2) is 42.5 Å². The Bertz CT molecular complexity index is 984. The van der Waals surface area contributed by atoms with Crippen LogP contribution in [0.5, 0.6) is 0 Å². The maximum Gasteiger partial charge on any atom is 0.223 e. The summed E-state index contributed by atoms with van der Waals surface area (Å²) in [6, 6.07) is 12.5. The molecular formula is C23H28ClFN2O3S. The first-order chi connectivity index (χ1) is 14.8.